The van der Waals surface area contributed by atoms with Crippen molar-refractivity contribution in [1.82, 2.24) is 4.98 Å². The van der Waals surface area contributed by atoms with Crippen LogP contribution in [0.5, 0.6) is 0 Å². The Hall–Kier alpha value is -1.31. The van der Waals surface area contributed by atoms with Crippen molar-refractivity contribution in [2.75, 3.05) is 5.73 Å². The van der Waals surface area contributed by atoms with E-state index in [-0.39, 0.29) is 0 Å². The quantitative estimate of drug-likeness (QED) is 0.779. The van der Waals surface area contributed by atoms with Gasteiger partial charge >= 0.3 is 0 Å². The molecule has 0 bridgehead atoms. The first-order valence-electron chi connectivity index (χ1n) is 5.89. The van der Waals surface area contributed by atoms with E-state index in [1.165, 1.54) is 12.0 Å². The first-order chi connectivity index (χ1) is 7.48. The highest BCUT2D eigenvalue weighted by Gasteiger charge is 2.23. The van der Waals surface area contributed by atoms with Crippen molar-refractivity contribution < 1.29 is 0 Å². The Balaban J connectivity index is 2.29. The molecule has 0 amide bonds. The molecule has 1 aromatic rings. The zero-order chi connectivity index (χ0) is 11.8. The van der Waals surface area contributed by atoms with Gasteiger partial charge in [0, 0.05) is 6.20 Å². The Kier molecular flexibility index (Phi) is 2.75. The number of aryl methyl sites for hydroxylation is 1. The van der Waals surface area contributed by atoms with Gasteiger partial charge in [-0.1, -0.05) is 19.9 Å². The van der Waals surface area contributed by atoms with Gasteiger partial charge in [-0.3, -0.25) is 4.98 Å². The molecule has 0 spiro atoms. The number of aromatic nitrogens is 1. The molecule has 1 aromatic heterocycles. The largest absolute Gasteiger partial charge is 0.397 e. The number of anilines is 1. The summed E-state index contributed by atoms with van der Waals surface area (Å²) >= 11 is 0. The van der Waals surface area contributed by atoms with Crippen molar-refractivity contribution >= 4 is 11.3 Å². The van der Waals surface area contributed by atoms with Crippen molar-refractivity contribution in [2.45, 2.75) is 40.0 Å². The van der Waals surface area contributed by atoms with E-state index in [4.69, 9.17) is 5.73 Å². The predicted octanol–water partition coefficient (Wildman–Crippen LogP) is 3.57. The van der Waals surface area contributed by atoms with Crippen molar-refractivity contribution in [1.29, 1.82) is 0 Å². The first kappa shape index (κ1) is 11.2. The van der Waals surface area contributed by atoms with Crippen molar-refractivity contribution in [3.8, 4) is 0 Å². The fourth-order valence-electron chi connectivity index (χ4n) is 2.15. The lowest BCUT2D eigenvalue weighted by atomic mass is 9.77. The van der Waals surface area contributed by atoms with Gasteiger partial charge in [0.15, 0.2) is 0 Å². The normalized spacial score (nSPS) is 19.3. The third-order valence-corrected chi connectivity index (χ3v) is 3.33. The zero-order valence-corrected chi connectivity index (χ0v) is 10.4. The smallest absolute Gasteiger partial charge is 0.0887 e. The monoisotopic (exact) mass is 216 g/mol. The van der Waals surface area contributed by atoms with Crippen LogP contribution in [0.15, 0.2) is 18.3 Å². The van der Waals surface area contributed by atoms with Crippen LogP contribution in [-0.2, 0) is 0 Å². The van der Waals surface area contributed by atoms with Crippen molar-refractivity contribution in [2.24, 2.45) is 5.41 Å². The highest BCUT2D eigenvalue weighted by atomic mass is 14.7. The molecule has 0 aromatic carbocycles. The number of allylic oxidation sites excluding steroid dienone is 2. The summed E-state index contributed by atoms with van der Waals surface area (Å²) in [6.45, 7) is 6.64. The topological polar surface area (TPSA) is 38.9 Å². The number of nitrogens with two attached hydrogens (primary N) is 1. The Labute approximate surface area is 97.6 Å². The Bertz CT molecular complexity index is 430. The third-order valence-electron chi connectivity index (χ3n) is 3.33. The molecule has 0 unspecified atom stereocenters. The van der Waals surface area contributed by atoms with Crippen molar-refractivity contribution in [3.63, 3.8) is 0 Å². The van der Waals surface area contributed by atoms with E-state index in [0.717, 1.165) is 29.8 Å². The summed E-state index contributed by atoms with van der Waals surface area (Å²) in [5, 5.41) is 0. The minimum Gasteiger partial charge on any atom is -0.397 e. The number of hydrogen-bond acceptors (Lipinski definition) is 2. The second kappa shape index (κ2) is 3.93. The van der Waals surface area contributed by atoms with Crippen molar-refractivity contribution in [3.05, 3.63) is 29.6 Å². The van der Waals surface area contributed by atoms with Gasteiger partial charge in [-0.15, -0.1) is 0 Å². The zero-order valence-electron chi connectivity index (χ0n) is 10.4. The summed E-state index contributed by atoms with van der Waals surface area (Å²) < 4.78 is 0. The molecule has 2 heteroatoms. The molecular weight excluding hydrogens is 196 g/mol. The molecule has 86 valence electrons. The molecular formula is C14H20N2. The lowest BCUT2D eigenvalue weighted by Gasteiger charge is -2.28. The van der Waals surface area contributed by atoms with Crippen LogP contribution in [0.2, 0.25) is 0 Å². The van der Waals surface area contributed by atoms with Crippen LogP contribution >= 0.6 is 0 Å². The van der Waals surface area contributed by atoms with E-state index < -0.39 is 0 Å². The molecule has 2 N–H and O–H groups in total. The van der Waals surface area contributed by atoms with E-state index in [1.54, 1.807) is 0 Å². The van der Waals surface area contributed by atoms with Crippen LogP contribution in [0.25, 0.3) is 5.57 Å². The fraction of sp³-hybridized carbons (Fsp3) is 0.500. The average molecular weight is 216 g/mol. The molecule has 1 aliphatic rings. The predicted molar refractivity (Wildman–Crippen MR) is 69.0 cm³/mol. The minimum atomic E-state index is 0.433. The summed E-state index contributed by atoms with van der Waals surface area (Å²) in [6, 6.07) is 2.00. The maximum atomic E-state index is 6.02. The fourth-order valence-corrected chi connectivity index (χ4v) is 2.15. The van der Waals surface area contributed by atoms with Gasteiger partial charge in [0.1, 0.15) is 0 Å². The summed E-state index contributed by atoms with van der Waals surface area (Å²) in [6.07, 6.45) is 7.63. The highest BCUT2D eigenvalue weighted by molar-refractivity contribution is 5.72. The Morgan fingerprint density at radius 3 is 2.69 bits per heavy atom. The second-order valence-electron chi connectivity index (χ2n) is 5.55. The number of pyridine rings is 1. The number of hydrogen-bond donors (Lipinski definition) is 1. The standard InChI is InChI=1S/C14H20N2/c1-10-8-12(15)13(16-9-10)11-4-6-14(2,3)7-5-11/h4,8-9H,5-7,15H2,1-3H3. The minimum absolute atomic E-state index is 0.433. The van der Waals surface area contributed by atoms with E-state index in [1.807, 2.05) is 19.2 Å². The van der Waals surface area contributed by atoms with E-state index in [9.17, 15) is 0 Å². The Morgan fingerprint density at radius 2 is 2.12 bits per heavy atom. The van der Waals surface area contributed by atoms with Gasteiger partial charge in [0.2, 0.25) is 0 Å². The van der Waals surface area contributed by atoms with Crippen LogP contribution in [0.4, 0.5) is 5.69 Å². The molecule has 16 heavy (non-hydrogen) atoms. The molecule has 0 radical (unpaired) electrons. The van der Waals surface area contributed by atoms with Crippen LogP contribution < -0.4 is 5.73 Å². The van der Waals surface area contributed by atoms with Gasteiger partial charge < -0.3 is 5.73 Å². The number of rotatable bonds is 1. The maximum Gasteiger partial charge on any atom is 0.0887 e. The summed E-state index contributed by atoms with van der Waals surface area (Å²) in [5.41, 5.74) is 10.7. The van der Waals surface area contributed by atoms with Crippen LogP contribution in [-0.4, -0.2) is 4.98 Å². The lowest BCUT2D eigenvalue weighted by Crippen LogP contribution is -2.14. The average Bonchev–Trinajstić information content (AvgIpc) is 2.19. The molecule has 1 aliphatic carbocycles. The number of nitrogens with zero attached hydrogens (tertiary/aromatic N) is 1. The number of nitrogen functional groups attached to an aromatic ring is 1. The summed E-state index contributed by atoms with van der Waals surface area (Å²) in [7, 11) is 0. The molecule has 0 aliphatic heterocycles. The third kappa shape index (κ3) is 2.26. The maximum absolute atomic E-state index is 6.02. The van der Waals surface area contributed by atoms with E-state index in [2.05, 4.69) is 24.9 Å². The molecule has 0 saturated heterocycles. The van der Waals surface area contributed by atoms with Crippen LogP contribution in [0.1, 0.15) is 44.4 Å². The molecule has 1 heterocycles. The van der Waals surface area contributed by atoms with Gasteiger partial charge in [-0.05, 0) is 48.8 Å². The first-order valence-corrected chi connectivity index (χ1v) is 5.89. The SMILES string of the molecule is Cc1cnc(C2=CCC(C)(C)CC2)c(N)c1. The highest BCUT2D eigenvalue weighted by Crippen LogP contribution is 2.38. The van der Waals surface area contributed by atoms with E-state index in [0.29, 0.717) is 5.41 Å². The van der Waals surface area contributed by atoms with Gasteiger partial charge in [0.05, 0.1) is 11.4 Å². The van der Waals surface area contributed by atoms with Gasteiger partial charge in [-0.2, -0.15) is 0 Å². The molecule has 2 nitrogen and oxygen atoms in total. The van der Waals surface area contributed by atoms with Gasteiger partial charge in [-0.25, -0.2) is 0 Å². The lowest BCUT2D eigenvalue weighted by molar-refractivity contribution is 0.335. The van der Waals surface area contributed by atoms with E-state index >= 15 is 0 Å². The summed E-state index contributed by atoms with van der Waals surface area (Å²) in [5.74, 6) is 0. The Morgan fingerprint density at radius 1 is 1.38 bits per heavy atom. The molecule has 0 atom stereocenters. The van der Waals surface area contributed by atoms with Gasteiger partial charge in [0.25, 0.3) is 0 Å². The van der Waals surface area contributed by atoms with Crippen LogP contribution in [0, 0.1) is 12.3 Å². The van der Waals surface area contributed by atoms with Crippen LogP contribution in [0.3, 0.4) is 0 Å². The molecule has 0 saturated carbocycles. The summed E-state index contributed by atoms with van der Waals surface area (Å²) in [4.78, 5) is 4.46. The second-order valence-corrected chi connectivity index (χ2v) is 5.55. The molecule has 0 fully saturated rings. The molecule has 2 rings (SSSR count).